The van der Waals surface area contributed by atoms with Gasteiger partial charge in [0.05, 0.1) is 22.0 Å². The number of hydrogen-bond acceptors (Lipinski definition) is 4. The highest BCUT2D eigenvalue weighted by atomic mass is 32.2. The van der Waals surface area contributed by atoms with Gasteiger partial charge in [0, 0.05) is 33.5 Å². The van der Waals surface area contributed by atoms with Gasteiger partial charge in [0.1, 0.15) is 5.82 Å². The van der Waals surface area contributed by atoms with Gasteiger partial charge in [-0.2, -0.15) is 0 Å². The van der Waals surface area contributed by atoms with Crippen LogP contribution in [0, 0.1) is 11.6 Å². The van der Waals surface area contributed by atoms with E-state index in [0.29, 0.717) is 29.9 Å². The Balaban J connectivity index is 1.75. The van der Waals surface area contributed by atoms with Gasteiger partial charge in [-0.1, -0.05) is 6.07 Å². The average molecular weight is 465 g/mol. The van der Waals surface area contributed by atoms with Gasteiger partial charge in [0.15, 0.2) is 11.6 Å². The van der Waals surface area contributed by atoms with E-state index in [-0.39, 0.29) is 17.2 Å². The molecular formula is C22H26F2N4O3S. The SMILES string of the molecule is CCn1c(CCC(=O)N[C@H](C)c2ccc(F)c(F)c2)nc2cc(S(=O)(=O)N(C)C)ccc21. The molecule has 0 fully saturated rings. The first-order valence-corrected chi connectivity index (χ1v) is 11.6. The molecule has 0 bridgehead atoms. The number of carbonyl (C=O) groups is 1. The number of imidazole rings is 1. The van der Waals surface area contributed by atoms with E-state index in [1.165, 1.54) is 26.2 Å². The van der Waals surface area contributed by atoms with Crippen LogP contribution in [0.15, 0.2) is 41.3 Å². The Labute approximate surface area is 186 Å². The number of rotatable bonds is 8. The lowest BCUT2D eigenvalue weighted by atomic mass is 10.1. The van der Waals surface area contributed by atoms with E-state index in [1.807, 2.05) is 11.5 Å². The third kappa shape index (κ3) is 4.81. The minimum Gasteiger partial charge on any atom is -0.350 e. The molecule has 1 heterocycles. The third-order valence-corrected chi connectivity index (χ3v) is 7.10. The molecule has 0 aliphatic heterocycles. The number of halogens is 2. The molecule has 1 atom stereocenters. The maximum Gasteiger partial charge on any atom is 0.242 e. The summed E-state index contributed by atoms with van der Waals surface area (Å²) in [6, 6.07) is 7.84. The molecule has 3 rings (SSSR count). The molecule has 0 unspecified atom stereocenters. The van der Waals surface area contributed by atoms with Crippen LogP contribution in [-0.2, 0) is 27.8 Å². The first kappa shape index (κ1) is 23.8. The average Bonchev–Trinajstić information content (AvgIpc) is 3.10. The zero-order chi connectivity index (χ0) is 23.6. The van der Waals surface area contributed by atoms with Crippen LogP contribution in [0.2, 0.25) is 0 Å². The minimum absolute atomic E-state index is 0.139. The van der Waals surface area contributed by atoms with Gasteiger partial charge in [-0.15, -0.1) is 0 Å². The van der Waals surface area contributed by atoms with Crippen molar-refractivity contribution in [2.75, 3.05) is 14.1 Å². The molecule has 172 valence electrons. The Kier molecular flexibility index (Phi) is 6.94. The topological polar surface area (TPSA) is 84.3 Å². The van der Waals surface area contributed by atoms with E-state index in [1.54, 1.807) is 19.1 Å². The summed E-state index contributed by atoms with van der Waals surface area (Å²) >= 11 is 0. The first-order valence-electron chi connectivity index (χ1n) is 10.2. The summed E-state index contributed by atoms with van der Waals surface area (Å²) in [6.07, 6.45) is 0.481. The summed E-state index contributed by atoms with van der Waals surface area (Å²) in [5, 5.41) is 2.78. The second kappa shape index (κ2) is 9.33. The van der Waals surface area contributed by atoms with Gasteiger partial charge in [0.25, 0.3) is 0 Å². The predicted molar refractivity (Wildman–Crippen MR) is 118 cm³/mol. The third-order valence-electron chi connectivity index (χ3n) is 5.29. The number of hydrogen-bond donors (Lipinski definition) is 1. The maximum absolute atomic E-state index is 13.4. The number of benzene rings is 2. The number of amides is 1. The molecule has 2 aromatic carbocycles. The molecule has 0 aliphatic carbocycles. The van der Waals surface area contributed by atoms with Crippen molar-refractivity contribution in [3.05, 3.63) is 59.4 Å². The molecular weight excluding hydrogens is 438 g/mol. The molecule has 0 spiro atoms. The highest BCUT2D eigenvalue weighted by Gasteiger charge is 2.20. The van der Waals surface area contributed by atoms with Crippen LogP contribution in [0.3, 0.4) is 0 Å². The molecule has 1 N–H and O–H groups in total. The van der Waals surface area contributed by atoms with E-state index in [9.17, 15) is 22.0 Å². The maximum atomic E-state index is 13.4. The fraction of sp³-hybridized carbons (Fsp3) is 0.364. The van der Waals surface area contributed by atoms with Crippen molar-refractivity contribution in [1.82, 2.24) is 19.2 Å². The van der Waals surface area contributed by atoms with E-state index in [4.69, 9.17) is 0 Å². The van der Waals surface area contributed by atoms with E-state index < -0.39 is 27.7 Å². The molecule has 0 radical (unpaired) electrons. The van der Waals surface area contributed by atoms with Crippen molar-refractivity contribution in [3.8, 4) is 0 Å². The number of sulfonamides is 1. The number of nitrogens with one attached hydrogen (secondary N) is 1. The van der Waals surface area contributed by atoms with Gasteiger partial charge >= 0.3 is 0 Å². The van der Waals surface area contributed by atoms with Crippen molar-refractivity contribution >= 4 is 27.0 Å². The fourth-order valence-corrected chi connectivity index (χ4v) is 4.40. The molecule has 0 aliphatic rings. The van der Waals surface area contributed by atoms with Crippen LogP contribution >= 0.6 is 0 Å². The van der Waals surface area contributed by atoms with Crippen LogP contribution in [0.4, 0.5) is 8.78 Å². The van der Waals surface area contributed by atoms with E-state index in [0.717, 1.165) is 22.0 Å². The number of aryl methyl sites for hydroxylation is 2. The fourth-order valence-electron chi connectivity index (χ4n) is 3.48. The lowest BCUT2D eigenvalue weighted by molar-refractivity contribution is -0.121. The molecule has 1 aromatic heterocycles. The quantitative estimate of drug-likeness (QED) is 0.554. The minimum atomic E-state index is -3.58. The van der Waals surface area contributed by atoms with Crippen LogP contribution in [0.25, 0.3) is 11.0 Å². The summed E-state index contributed by atoms with van der Waals surface area (Å²) in [6.45, 7) is 4.25. The molecule has 32 heavy (non-hydrogen) atoms. The Morgan fingerprint density at radius 3 is 2.50 bits per heavy atom. The molecule has 7 nitrogen and oxygen atoms in total. The van der Waals surface area contributed by atoms with Crippen LogP contribution < -0.4 is 5.32 Å². The van der Waals surface area contributed by atoms with Gasteiger partial charge in [0.2, 0.25) is 15.9 Å². The largest absolute Gasteiger partial charge is 0.350 e. The summed E-state index contributed by atoms with van der Waals surface area (Å²) in [5.74, 6) is -1.49. The summed E-state index contributed by atoms with van der Waals surface area (Å²) in [5.41, 5.74) is 1.80. The highest BCUT2D eigenvalue weighted by Crippen LogP contribution is 2.23. The second-order valence-corrected chi connectivity index (χ2v) is 9.82. The van der Waals surface area contributed by atoms with Crippen molar-refractivity contribution in [2.24, 2.45) is 0 Å². The van der Waals surface area contributed by atoms with Gasteiger partial charge in [-0.25, -0.2) is 26.5 Å². The first-order chi connectivity index (χ1) is 15.0. The Morgan fingerprint density at radius 2 is 1.88 bits per heavy atom. The zero-order valence-corrected chi connectivity index (χ0v) is 19.2. The standard InChI is InChI=1S/C22H26F2N4O3S/c1-5-28-20-9-7-16(32(30,31)27(3)4)13-19(20)26-21(28)10-11-22(29)25-14(2)15-6-8-17(23)18(24)12-15/h6-9,12-14H,5,10-11H2,1-4H3,(H,25,29)/t14-/m1/s1. The molecule has 3 aromatic rings. The van der Waals surface area contributed by atoms with E-state index in [2.05, 4.69) is 10.3 Å². The van der Waals surface area contributed by atoms with Crippen molar-refractivity contribution in [3.63, 3.8) is 0 Å². The Hall–Kier alpha value is -2.85. The summed E-state index contributed by atoms with van der Waals surface area (Å²) in [4.78, 5) is 17.1. The van der Waals surface area contributed by atoms with Gasteiger partial charge in [-0.05, 0) is 49.7 Å². The Morgan fingerprint density at radius 1 is 1.16 bits per heavy atom. The van der Waals surface area contributed by atoms with Crippen LogP contribution in [0.1, 0.15) is 37.7 Å². The second-order valence-electron chi connectivity index (χ2n) is 7.67. The lowest BCUT2D eigenvalue weighted by Crippen LogP contribution is -2.27. The number of fused-ring (bicyclic) bond motifs is 1. The van der Waals surface area contributed by atoms with Crippen molar-refractivity contribution in [1.29, 1.82) is 0 Å². The van der Waals surface area contributed by atoms with Crippen molar-refractivity contribution < 1.29 is 22.0 Å². The molecule has 1 amide bonds. The van der Waals surface area contributed by atoms with Crippen LogP contribution in [0.5, 0.6) is 0 Å². The monoisotopic (exact) mass is 464 g/mol. The van der Waals surface area contributed by atoms with Gasteiger partial charge in [-0.3, -0.25) is 4.79 Å². The lowest BCUT2D eigenvalue weighted by Gasteiger charge is -2.14. The highest BCUT2D eigenvalue weighted by molar-refractivity contribution is 7.89. The predicted octanol–water partition coefficient (Wildman–Crippen LogP) is 3.39. The van der Waals surface area contributed by atoms with E-state index >= 15 is 0 Å². The number of nitrogens with zero attached hydrogens (tertiary/aromatic N) is 3. The number of carbonyl (C=O) groups excluding carboxylic acids is 1. The molecule has 0 saturated carbocycles. The molecule has 0 saturated heterocycles. The summed E-state index contributed by atoms with van der Waals surface area (Å²) < 4.78 is 54.4. The van der Waals surface area contributed by atoms with Crippen LogP contribution in [-0.4, -0.2) is 42.3 Å². The zero-order valence-electron chi connectivity index (χ0n) is 18.4. The normalized spacial score (nSPS) is 13.0. The summed E-state index contributed by atoms with van der Waals surface area (Å²) in [7, 11) is -0.645. The van der Waals surface area contributed by atoms with Crippen molar-refractivity contribution in [2.45, 2.75) is 44.2 Å². The smallest absolute Gasteiger partial charge is 0.242 e. The molecule has 10 heteroatoms. The number of aromatic nitrogens is 2. The Bertz CT molecular complexity index is 1260. The van der Waals surface area contributed by atoms with Gasteiger partial charge < -0.3 is 9.88 Å².